The Bertz CT molecular complexity index is 291. The van der Waals surface area contributed by atoms with Gasteiger partial charge in [-0.25, -0.2) is 0 Å². The van der Waals surface area contributed by atoms with E-state index in [2.05, 4.69) is 6.92 Å². The summed E-state index contributed by atoms with van der Waals surface area (Å²) >= 11 is 0. The summed E-state index contributed by atoms with van der Waals surface area (Å²) < 4.78 is 19.6. The highest BCUT2D eigenvalue weighted by Gasteiger charge is 2.36. The molecule has 19 heavy (non-hydrogen) atoms. The summed E-state index contributed by atoms with van der Waals surface area (Å²) in [5.74, 6) is 0. The van der Waals surface area contributed by atoms with E-state index in [4.69, 9.17) is 4.52 Å². The van der Waals surface area contributed by atoms with Crippen LogP contribution < -0.4 is 0 Å². The first-order valence-corrected chi connectivity index (χ1v) is 10.4. The van der Waals surface area contributed by atoms with Crippen molar-refractivity contribution in [3.8, 4) is 0 Å². The molecule has 2 aliphatic rings. The van der Waals surface area contributed by atoms with Crippen LogP contribution in [0.2, 0.25) is 0 Å². The Kier molecular flexibility index (Phi) is 6.42. The highest BCUT2D eigenvalue weighted by atomic mass is 31.2. The molecule has 0 heterocycles. The normalized spacial score (nSPS) is 26.2. The molecule has 0 N–H and O–H groups in total. The predicted molar refractivity (Wildman–Crippen MR) is 82.2 cm³/mol. The summed E-state index contributed by atoms with van der Waals surface area (Å²) in [5, 5.41) is 0. The highest BCUT2D eigenvalue weighted by molar-refractivity contribution is 7.59. The molecule has 1 unspecified atom stereocenters. The molecule has 3 heteroatoms. The minimum Gasteiger partial charge on any atom is -0.325 e. The van der Waals surface area contributed by atoms with Gasteiger partial charge in [-0.1, -0.05) is 51.9 Å². The van der Waals surface area contributed by atoms with Crippen molar-refractivity contribution in [2.75, 3.05) is 6.16 Å². The van der Waals surface area contributed by atoms with Gasteiger partial charge in [0.25, 0.3) is 0 Å². The fourth-order valence-corrected chi connectivity index (χ4v) is 6.86. The number of hydrogen-bond donors (Lipinski definition) is 0. The van der Waals surface area contributed by atoms with Crippen molar-refractivity contribution < 1.29 is 9.09 Å². The summed E-state index contributed by atoms with van der Waals surface area (Å²) in [5.41, 5.74) is 0.384. The van der Waals surface area contributed by atoms with E-state index in [1.54, 1.807) is 0 Å². The molecule has 0 spiro atoms. The van der Waals surface area contributed by atoms with Crippen LogP contribution in [-0.2, 0) is 9.09 Å². The van der Waals surface area contributed by atoms with Crippen LogP contribution in [0.3, 0.4) is 0 Å². The van der Waals surface area contributed by atoms with Crippen LogP contribution in [-0.4, -0.2) is 17.9 Å². The average molecular weight is 286 g/mol. The van der Waals surface area contributed by atoms with Gasteiger partial charge in [0, 0.05) is 11.8 Å². The van der Waals surface area contributed by atoms with Crippen LogP contribution in [0.25, 0.3) is 0 Å². The molecule has 0 radical (unpaired) electrons. The lowest BCUT2D eigenvalue weighted by molar-refractivity contribution is 0.153. The van der Waals surface area contributed by atoms with Gasteiger partial charge >= 0.3 is 0 Å². The molecule has 112 valence electrons. The van der Waals surface area contributed by atoms with Crippen LogP contribution in [0.5, 0.6) is 0 Å². The lowest BCUT2D eigenvalue weighted by Gasteiger charge is -2.34. The largest absolute Gasteiger partial charge is 0.325 e. The molecular formula is C16H31O2P. The fraction of sp³-hybridized carbons (Fsp3) is 1.00. The van der Waals surface area contributed by atoms with Crippen molar-refractivity contribution in [3.05, 3.63) is 0 Å². The fourth-order valence-electron chi connectivity index (χ4n) is 3.60. The van der Waals surface area contributed by atoms with E-state index in [1.807, 2.05) is 0 Å². The second kappa shape index (κ2) is 7.84. The number of rotatable bonds is 6. The number of hydrogen-bond acceptors (Lipinski definition) is 2. The molecule has 0 aliphatic heterocycles. The molecule has 0 saturated heterocycles. The molecule has 2 nitrogen and oxygen atoms in total. The van der Waals surface area contributed by atoms with Gasteiger partial charge in [-0.15, -0.1) is 0 Å². The molecule has 0 amide bonds. The van der Waals surface area contributed by atoms with Gasteiger partial charge in [-0.3, -0.25) is 4.57 Å². The third-order valence-corrected chi connectivity index (χ3v) is 8.06. The molecule has 2 fully saturated rings. The standard InChI is InChI=1S/C16H31O2P/c1-2-3-14-19(17,16-12-8-5-9-13-16)18-15-10-6-4-7-11-15/h15-16H,2-14H2,1H3. The van der Waals surface area contributed by atoms with Gasteiger partial charge in [-0.05, 0) is 32.1 Å². The SMILES string of the molecule is CCCCP(=O)(OC1CCCCC1)C1CCCCC1. The summed E-state index contributed by atoms with van der Waals surface area (Å²) in [6.07, 6.45) is 15.6. The van der Waals surface area contributed by atoms with E-state index in [9.17, 15) is 4.57 Å². The second-order valence-electron chi connectivity index (χ2n) is 6.46. The van der Waals surface area contributed by atoms with Crippen molar-refractivity contribution in [2.24, 2.45) is 0 Å². The predicted octanol–water partition coefficient (Wildman–Crippen LogP) is 5.75. The molecule has 0 aromatic carbocycles. The van der Waals surface area contributed by atoms with Gasteiger partial charge < -0.3 is 4.52 Å². The molecular weight excluding hydrogens is 255 g/mol. The van der Waals surface area contributed by atoms with Crippen LogP contribution >= 0.6 is 7.37 Å². The van der Waals surface area contributed by atoms with Gasteiger partial charge in [0.15, 0.2) is 0 Å². The molecule has 0 aromatic rings. The smallest absolute Gasteiger partial charge is 0.206 e. The molecule has 2 saturated carbocycles. The molecule has 2 rings (SSSR count). The lowest BCUT2D eigenvalue weighted by Crippen LogP contribution is -2.23. The van der Waals surface area contributed by atoms with E-state index in [0.717, 1.165) is 44.7 Å². The van der Waals surface area contributed by atoms with E-state index >= 15 is 0 Å². The van der Waals surface area contributed by atoms with Crippen LogP contribution in [0.4, 0.5) is 0 Å². The van der Waals surface area contributed by atoms with Crippen molar-refractivity contribution >= 4 is 7.37 Å². The molecule has 1 atom stereocenters. The summed E-state index contributed by atoms with van der Waals surface area (Å²) in [4.78, 5) is 0. The van der Waals surface area contributed by atoms with Crippen molar-refractivity contribution in [1.82, 2.24) is 0 Å². The molecule has 0 bridgehead atoms. The van der Waals surface area contributed by atoms with E-state index in [0.29, 0.717) is 11.8 Å². The zero-order valence-corrected chi connectivity index (χ0v) is 13.5. The van der Waals surface area contributed by atoms with Crippen molar-refractivity contribution in [1.29, 1.82) is 0 Å². The van der Waals surface area contributed by atoms with Crippen LogP contribution in [0.1, 0.15) is 84.0 Å². The number of unbranched alkanes of at least 4 members (excludes halogenated alkanes) is 1. The van der Waals surface area contributed by atoms with Gasteiger partial charge in [0.1, 0.15) is 0 Å². The first-order valence-electron chi connectivity index (χ1n) is 8.52. The Morgan fingerprint density at radius 2 is 1.53 bits per heavy atom. The Hall–Kier alpha value is 0.190. The van der Waals surface area contributed by atoms with Crippen molar-refractivity contribution in [2.45, 2.75) is 95.7 Å². The van der Waals surface area contributed by atoms with Crippen LogP contribution in [0, 0.1) is 0 Å². The maximum Gasteiger partial charge on any atom is 0.206 e. The Balaban J connectivity index is 1.97. The maximum atomic E-state index is 13.4. The van der Waals surface area contributed by atoms with E-state index in [-0.39, 0.29) is 0 Å². The van der Waals surface area contributed by atoms with Crippen LogP contribution in [0.15, 0.2) is 0 Å². The zero-order chi connectivity index (χ0) is 13.6. The average Bonchev–Trinajstić information content (AvgIpc) is 2.47. The van der Waals surface area contributed by atoms with Gasteiger partial charge in [0.2, 0.25) is 7.37 Å². The maximum absolute atomic E-state index is 13.4. The van der Waals surface area contributed by atoms with Crippen molar-refractivity contribution in [3.63, 3.8) is 0 Å². The summed E-state index contributed by atoms with van der Waals surface area (Å²) in [6.45, 7) is 2.19. The first-order chi connectivity index (χ1) is 9.24. The lowest BCUT2D eigenvalue weighted by atomic mass is 9.98. The highest BCUT2D eigenvalue weighted by Crippen LogP contribution is 2.58. The van der Waals surface area contributed by atoms with Gasteiger partial charge in [-0.2, -0.15) is 0 Å². The van der Waals surface area contributed by atoms with Gasteiger partial charge in [0.05, 0.1) is 6.10 Å². The third kappa shape index (κ3) is 4.60. The zero-order valence-electron chi connectivity index (χ0n) is 12.6. The Morgan fingerprint density at radius 3 is 2.11 bits per heavy atom. The minimum atomic E-state index is -2.38. The molecule has 0 aromatic heterocycles. The summed E-state index contributed by atoms with van der Waals surface area (Å²) in [7, 11) is -2.38. The minimum absolute atomic E-state index is 0.304. The Labute approximate surface area is 119 Å². The first kappa shape index (κ1) is 15.6. The monoisotopic (exact) mass is 286 g/mol. The quantitative estimate of drug-likeness (QED) is 0.581. The molecule has 2 aliphatic carbocycles. The summed E-state index contributed by atoms with van der Waals surface area (Å²) in [6, 6.07) is 0. The second-order valence-corrected chi connectivity index (χ2v) is 9.30. The van der Waals surface area contributed by atoms with E-state index < -0.39 is 7.37 Å². The van der Waals surface area contributed by atoms with E-state index in [1.165, 1.54) is 38.5 Å². The topological polar surface area (TPSA) is 26.3 Å². The Morgan fingerprint density at radius 1 is 0.947 bits per heavy atom. The third-order valence-electron chi connectivity index (χ3n) is 4.83.